The molecular formula is C9H11N3S2. The average Bonchev–Trinajstić information content (AvgIpc) is 2.85. The Bertz CT molecular complexity index is 380. The minimum atomic E-state index is 0.962. The molecule has 14 heavy (non-hydrogen) atoms. The molecular weight excluding hydrogens is 214 g/mol. The van der Waals surface area contributed by atoms with Gasteiger partial charge < -0.3 is 4.57 Å². The van der Waals surface area contributed by atoms with Crippen molar-refractivity contribution >= 4 is 23.1 Å². The number of aryl methyl sites for hydroxylation is 2. The Kier molecular flexibility index (Phi) is 3.21. The monoisotopic (exact) mass is 225 g/mol. The first-order valence-corrected chi connectivity index (χ1v) is 6.45. The molecule has 0 atom stereocenters. The SMILES string of the molecule is CSc1nncn1CCc1cccs1. The molecule has 0 saturated carbocycles. The van der Waals surface area contributed by atoms with Crippen LogP contribution in [0.1, 0.15) is 4.88 Å². The molecule has 0 radical (unpaired) electrons. The van der Waals surface area contributed by atoms with E-state index in [9.17, 15) is 0 Å². The van der Waals surface area contributed by atoms with Crippen LogP contribution in [0.25, 0.3) is 0 Å². The lowest BCUT2D eigenvalue weighted by Gasteiger charge is -2.02. The molecule has 3 nitrogen and oxygen atoms in total. The van der Waals surface area contributed by atoms with Crippen LogP contribution in [-0.4, -0.2) is 21.0 Å². The van der Waals surface area contributed by atoms with Gasteiger partial charge in [0.05, 0.1) is 0 Å². The van der Waals surface area contributed by atoms with Crippen molar-refractivity contribution in [3.05, 3.63) is 28.7 Å². The molecule has 0 aliphatic rings. The van der Waals surface area contributed by atoms with E-state index in [0.717, 1.165) is 18.1 Å². The zero-order valence-electron chi connectivity index (χ0n) is 7.88. The van der Waals surface area contributed by atoms with E-state index in [2.05, 4.69) is 32.3 Å². The molecule has 0 saturated heterocycles. The van der Waals surface area contributed by atoms with Gasteiger partial charge in [0.25, 0.3) is 0 Å². The summed E-state index contributed by atoms with van der Waals surface area (Å²) in [6.07, 6.45) is 4.87. The molecule has 0 fully saturated rings. The Labute approximate surface area is 91.2 Å². The van der Waals surface area contributed by atoms with E-state index < -0.39 is 0 Å². The van der Waals surface area contributed by atoms with E-state index >= 15 is 0 Å². The summed E-state index contributed by atoms with van der Waals surface area (Å²) in [5.41, 5.74) is 0. The highest BCUT2D eigenvalue weighted by molar-refractivity contribution is 7.98. The molecule has 0 N–H and O–H groups in total. The van der Waals surface area contributed by atoms with Crippen molar-refractivity contribution in [3.63, 3.8) is 0 Å². The second-order valence-corrected chi connectivity index (χ2v) is 4.65. The maximum absolute atomic E-state index is 4.01. The van der Waals surface area contributed by atoms with Crippen LogP contribution in [0.15, 0.2) is 29.0 Å². The fourth-order valence-electron chi connectivity index (χ4n) is 1.24. The smallest absolute Gasteiger partial charge is 0.190 e. The first-order valence-electron chi connectivity index (χ1n) is 4.34. The zero-order chi connectivity index (χ0) is 9.80. The van der Waals surface area contributed by atoms with Gasteiger partial charge in [-0.2, -0.15) is 0 Å². The number of hydrogen-bond acceptors (Lipinski definition) is 4. The highest BCUT2D eigenvalue weighted by Crippen LogP contribution is 2.13. The van der Waals surface area contributed by atoms with Gasteiger partial charge in [0, 0.05) is 11.4 Å². The standard InChI is InChI=1S/C9H11N3S2/c1-13-9-11-10-7-12(9)5-4-8-3-2-6-14-8/h2-3,6-7H,4-5H2,1H3. The van der Waals surface area contributed by atoms with Crippen LogP contribution in [0.5, 0.6) is 0 Å². The summed E-state index contributed by atoms with van der Waals surface area (Å²) < 4.78 is 2.09. The molecule has 0 aromatic carbocycles. The number of hydrogen-bond donors (Lipinski definition) is 0. The number of nitrogens with zero attached hydrogens (tertiary/aromatic N) is 3. The molecule has 0 spiro atoms. The van der Waals surface area contributed by atoms with Gasteiger partial charge in [-0.15, -0.1) is 21.5 Å². The minimum absolute atomic E-state index is 0.962. The summed E-state index contributed by atoms with van der Waals surface area (Å²) in [6, 6.07) is 4.25. The van der Waals surface area contributed by atoms with Crippen LogP contribution < -0.4 is 0 Å². The summed E-state index contributed by atoms with van der Waals surface area (Å²) in [5.74, 6) is 0. The van der Waals surface area contributed by atoms with Crippen molar-refractivity contribution in [1.29, 1.82) is 0 Å². The molecule has 2 aromatic heterocycles. The topological polar surface area (TPSA) is 30.7 Å². The number of thioether (sulfide) groups is 1. The number of aromatic nitrogens is 3. The van der Waals surface area contributed by atoms with E-state index in [-0.39, 0.29) is 0 Å². The molecule has 2 aromatic rings. The van der Waals surface area contributed by atoms with Gasteiger partial charge in [-0.3, -0.25) is 0 Å². The van der Waals surface area contributed by atoms with Gasteiger partial charge in [0.15, 0.2) is 5.16 Å². The Morgan fingerprint density at radius 1 is 1.57 bits per heavy atom. The van der Waals surface area contributed by atoms with E-state index in [1.54, 1.807) is 29.4 Å². The zero-order valence-corrected chi connectivity index (χ0v) is 9.51. The number of rotatable bonds is 4. The summed E-state index contributed by atoms with van der Waals surface area (Å²) in [6.45, 7) is 0.962. The molecule has 2 heterocycles. The van der Waals surface area contributed by atoms with Gasteiger partial charge in [-0.05, 0) is 24.1 Å². The maximum Gasteiger partial charge on any atom is 0.190 e. The lowest BCUT2D eigenvalue weighted by Crippen LogP contribution is -2.00. The maximum atomic E-state index is 4.01. The van der Waals surface area contributed by atoms with Gasteiger partial charge in [-0.1, -0.05) is 17.8 Å². The summed E-state index contributed by atoms with van der Waals surface area (Å²) in [5, 5.41) is 11.0. The fourth-order valence-corrected chi connectivity index (χ4v) is 2.44. The molecule has 2 rings (SSSR count). The summed E-state index contributed by atoms with van der Waals surface area (Å²) in [7, 11) is 0. The third kappa shape index (κ3) is 2.16. The minimum Gasteiger partial charge on any atom is -0.308 e. The molecule has 0 aliphatic heterocycles. The molecule has 0 aliphatic carbocycles. The Hall–Kier alpha value is -0.810. The normalized spacial score (nSPS) is 10.6. The van der Waals surface area contributed by atoms with Gasteiger partial charge >= 0.3 is 0 Å². The van der Waals surface area contributed by atoms with Crippen LogP contribution in [0.2, 0.25) is 0 Å². The van der Waals surface area contributed by atoms with Crippen molar-refractivity contribution in [2.24, 2.45) is 0 Å². The molecule has 5 heteroatoms. The predicted molar refractivity (Wildman–Crippen MR) is 59.8 cm³/mol. The van der Waals surface area contributed by atoms with Crippen LogP contribution in [0, 0.1) is 0 Å². The van der Waals surface area contributed by atoms with Crippen molar-refractivity contribution in [1.82, 2.24) is 14.8 Å². The van der Waals surface area contributed by atoms with Crippen molar-refractivity contribution in [2.75, 3.05) is 6.26 Å². The summed E-state index contributed by atoms with van der Waals surface area (Å²) in [4.78, 5) is 1.41. The van der Waals surface area contributed by atoms with Crippen molar-refractivity contribution < 1.29 is 0 Å². The highest BCUT2D eigenvalue weighted by Gasteiger charge is 2.02. The molecule has 0 bridgehead atoms. The van der Waals surface area contributed by atoms with Crippen molar-refractivity contribution in [3.8, 4) is 0 Å². The van der Waals surface area contributed by atoms with E-state index in [1.807, 2.05) is 6.26 Å². The Morgan fingerprint density at radius 2 is 2.50 bits per heavy atom. The van der Waals surface area contributed by atoms with Gasteiger partial charge in [0.2, 0.25) is 0 Å². The first kappa shape index (κ1) is 9.73. The predicted octanol–water partition coefficient (Wildman–Crippen LogP) is 2.30. The van der Waals surface area contributed by atoms with Crippen LogP contribution >= 0.6 is 23.1 Å². The largest absolute Gasteiger partial charge is 0.308 e. The summed E-state index contributed by atoms with van der Waals surface area (Å²) >= 11 is 3.43. The van der Waals surface area contributed by atoms with E-state index in [0.29, 0.717) is 0 Å². The van der Waals surface area contributed by atoms with Crippen LogP contribution in [0.3, 0.4) is 0 Å². The molecule has 0 unspecified atom stereocenters. The van der Waals surface area contributed by atoms with Crippen LogP contribution in [-0.2, 0) is 13.0 Å². The quantitative estimate of drug-likeness (QED) is 0.748. The highest BCUT2D eigenvalue weighted by atomic mass is 32.2. The van der Waals surface area contributed by atoms with Gasteiger partial charge in [0.1, 0.15) is 6.33 Å². The Morgan fingerprint density at radius 3 is 3.21 bits per heavy atom. The van der Waals surface area contributed by atoms with Crippen molar-refractivity contribution in [2.45, 2.75) is 18.1 Å². The van der Waals surface area contributed by atoms with E-state index in [1.165, 1.54) is 4.88 Å². The molecule has 74 valence electrons. The van der Waals surface area contributed by atoms with Crippen LogP contribution in [0.4, 0.5) is 0 Å². The fraction of sp³-hybridized carbons (Fsp3) is 0.333. The second kappa shape index (κ2) is 4.61. The lowest BCUT2D eigenvalue weighted by molar-refractivity contribution is 0.638. The number of thiophene rings is 1. The van der Waals surface area contributed by atoms with Gasteiger partial charge in [-0.25, -0.2) is 0 Å². The third-order valence-corrected chi connectivity index (χ3v) is 3.56. The lowest BCUT2D eigenvalue weighted by atomic mass is 10.3. The third-order valence-electron chi connectivity index (χ3n) is 1.94. The second-order valence-electron chi connectivity index (χ2n) is 2.84. The first-order chi connectivity index (χ1) is 6.90. The van der Waals surface area contributed by atoms with E-state index in [4.69, 9.17) is 0 Å². The average molecular weight is 225 g/mol. The Balaban J connectivity index is 1.98. The molecule has 0 amide bonds.